The first-order valence-electron chi connectivity index (χ1n) is 7.59. The van der Waals surface area contributed by atoms with Crippen molar-refractivity contribution >= 4 is 11.9 Å². The van der Waals surface area contributed by atoms with Gasteiger partial charge in [0.15, 0.2) is 0 Å². The number of benzene rings is 1. The smallest absolute Gasteiger partial charge is 0.326 e. The van der Waals surface area contributed by atoms with Crippen LogP contribution in [0, 0.1) is 5.92 Å². The van der Waals surface area contributed by atoms with Crippen LogP contribution >= 0.6 is 0 Å². The van der Waals surface area contributed by atoms with Crippen LogP contribution in [0.25, 0.3) is 0 Å². The Morgan fingerprint density at radius 3 is 2.29 bits per heavy atom. The lowest BCUT2D eigenvalue weighted by Crippen LogP contribution is -2.44. The van der Waals surface area contributed by atoms with E-state index >= 15 is 0 Å². The number of hydrogen-bond donors (Lipinski definition) is 2. The first-order valence-corrected chi connectivity index (χ1v) is 7.59. The molecule has 4 heteroatoms. The summed E-state index contributed by atoms with van der Waals surface area (Å²) in [6.45, 7) is 5.97. The Morgan fingerprint density at radius 1 is 1.19 bits per heavy atom. The lowest BCUT2D eigenvalue weighted by atomic mass is 9.84. The molecule has 1 rings (SSSR count). The Balaban J connectivity index is 2.93. The molecule has 116 valence electrons. The van der Waals surface area contributed by atoms with Crippen LogP contribution in [0.2, 0.25) is 0 Å². The zero-order valence-electron chi connectivity index (χ0n) is 13.0. The first kappa shape index (κ1) is 17.2. The van der Waals surface area contributed by atoms with Crippen molar-refractivity contribution in [3.05, 3.63) is 35.9 Å². The van der Waals surface area contributed by atoms with E-state index in [0.29, 0.717) is 6.42 Å². The standard InChI is InChI=1S/C17H25NO3/c1-4-9-14(17(20)21)18-16(19)15(12(3)5-2)13-10-7-6-8-11-13/h6-8,10-12,14-15H,4-5,9H2,1-3H3,(H,18,19)(H,20,21)/t12?,14-,15?/m0/s1. The molecule has 0 radical (unpaired) electrons. The number of carbonyl (C=O) groups excluding carboxylic acids is 1. The predicted molar refractivity (Wildman–Crippen MR) is 83.1 cm³/mol. The van der Waals surface area contributed by atoms with Gasteiger partial charge in [0.1, 0.15) is 6.04 Å². The average molecular weight is 291 g/mol. The topological polar surface area (TPSA) is 66.4 Å². The second kappa shape index (κ2) is 8.45. The third kappa shape index (κ3) is 4.88. The van der Waals surface area contributed by atoms with Gasteiger partial charge in [-0.05, 0) is 17.9 Å². The van der Waals surface area contributed by atoms with Crippen LogP contribution in [0.5, 0.6) is 0 Å². The van der Waals surface area contributed by atoms with Gasteiger partial charge in [0.2, 0.25) is 5.91 Å². The van der Waals surface area contributed by atoms with Gasteiger partial charge in [0, 0.05) is 0 Å². The maximum atomic E-state index is 12.6. The van der Waals surface area contributed by atoms with E-state index in [1.807, 2.05) is 51.1 Å². The molecule has 2 unspecified atom stereocenters. The lowest BCUT2D eigenvalue weighted by Gasteiger charge is -2.24. The maximum absolute atomic E-state index is 12.6. The number of carbonyl (C=O) groups is 2. The van der Waals surface area contributed by atoms with Crippen molar-refractivity contribution in [2.45, 2.75) is 52.0 Å². The summed E-state index contributed by atoms with van der Waals surface area (Å²) < 4.78 is 0. The quantitative estimate of drug-likeness (QED) is 0.773. The molecule has 0 aromatic heterocycles. The summed E-state index contributed by atoms with van der Waals surface area (Å²) in [6.07, 6.45) is 2.03. The van der Waals surface area contributed by atoms with E-state index in [9.17, 15) is 14.7 Å². The molecule has 0 aliphatic heterocycles. The van der Waals surface area contributed by atoms with Crippen LogP contribution in [0.3, 0.4) is 0 Å². The summed E-state index contributed by atoms with van der Waals surface area (Å²) in [5.74, 6) is -1.32. The summed E-state index contributed by atoms with van der Waals surface area (Å²) in [5, 5.41) is 11.9. The summed E-state index contributed by atoms with van der Waals surface area (Å²) in [5.41, 5.74) is 0.935. The minimum Gasteiger partial charge on any atom is -0.480 e. The summed E-state index contributed by atoms with van der Waals surface area (Å²) in [4.78, 5) is 23.8. The van der Waals surface area contributed by atoms with Crippen molar-refractivity contribution < 1.29 is 14.7 Å². The molecule has 3 atom stereocenters. The summed E-state index contributed by atoms with van der Waals surface area (Å²) in [7, 11) is 0. The van der Waals surface area contributed by atoms with Crippen molar-refractivity contribution in [3.63, 3.8) is 0 Å². The highest BCUT2D eigenvalue weighted by molar-refractivity contribution is 5.88. The Bertz CT molecular complexity index is 458. The summed E-state index contributed by atoms with van der Waals surface area (Å²) in [6, 6.07) is 8.75. The van der Waals surface area contributed by atoms with E-state index in [1.165, 1.54) is 0 Å². The van der Waals surface area contributed by atoms with E-state index in [1.54, 1.807) is 0 Å². The predicted octanol–water partition coefficient (Wildman–Crippen LogP) is 3.19. The second-order valence-corrected chi connectivity index (χ2v) is 5.46. The van der Waals surface area contributed by atoms with Crippen molar-refractivity contribution in [1.82, 2.24) is 5.32 Å². The van der Waals surface area contributed by atoms with Crippen molar-refractivity contribution in [1.29, 1.82) is 0 Å². The van der Waals surface area contributed by atoms with Crippen molar-refractivity contribution in [3.8, 4) is 0 Å². The van der Waals surface area contributed by atoms with E-state index in [-0.39, 0.29) is 17.7 Å². The van der Waals surface area contributed by atoms with Gasteiger partial charge in [-0.15, -0.1) is 0 Å². The number of carboxylic acid groups (broad SMARTS) is 1. The minimum absolute atomic E-state index is 0.156. The van der Waals surface area contributed by atoms with E-state index in [2.05, 4.69) is 5.32 Å². The first-order chi connectivity index (χ1) is 10.0. The van der Waals surface area contributed by atoms with Gasteiger partial charge in [-0.3, -0.25) is 4.79 Å². The Morgan fingerprint density at radius 2 is 1.81 bits per heavy atom. The largest absolute Gasteiger partial charge is 0.480 e. The van der Waals surface area contributed by atoms with Gasteiger partial charge in [-0.2, -0.15) is 0 Å². The number of rotatable bonds is 8. The van der Waals surface area contributed by atoms with E-state index < -0.39 is 12.0 Å². The minimum atomic E-state index is -0.971. The third-order valence-corrected chi connectivity index (χ3v) is 3.85. The van der Waals surface area contributed by atoms with Crippen LogP contribution in [0.1, 0.15) is 51.5 Å². The molecule has 0 spiro atoms. The molecule has 0 saturated carbocycles. The highest BCUT2D eigenvalue weighted by Gasteiger charge is 2.29. The number of amides is 1. The molecule has 4 nitrogen and oxygen atoms in total. The van der Waals surface area contributed by atoms with Gasteiger partial charge < -0.3 is 10.4 Å². The highest BCUT2D eigenvalue weighted by Crippen LogP contribution is 2.27. The fraction of sp³-hybridized carbons (Fsp3) is 0.529. The maximum Gasteiger partial charge on any atom is 0.326 e. The molecule has 21 heavy (non-hydrogen) atoms. The average Bonchev–Trinajstić information content (AvgIpc) is 2.47. The monoisotopic (exact) mass is 291 g/mol. The molecule has 0 heterocycles. The zero-order valence-corrected chi connectivity index (χ0v) is 13.0. The highest BCUT2D eigenvalue weighted by atomic mass is 16.4. The van der Waals surface area contributed by atoms with Crippen molar-refractivity contribution in [2.24, 2.45) is 5.92 Å². The molecular formula is C17H25NO3. The fourth-order valence-electron chi connectivity index (χ4n) is 2.44. The molecule has 0 aliphatic carbocycles. The summed E-state index contributed by atoms with van der Waals surface area (Å²) >= 11 is 0. The van der Waals surface area contributed by atoms with Crippen LogP contribution in [0.4, 0.5) is 0 Å². The molecule has 0 aliphatic rings. The molecule has 1 aromatic rings. The number of aliphatic carboxylic acids is 1. The molecule has 0 bridgehead atoms. The third-order valence-electron chi connectivity index (χ3n) is 3.85. The number of nitrogens with one attached hydrogen (secondary N) is 1. The molecule has 0 fully saturated rings. The normalized spacial score (nSPS) is 15.0. The Kier molecular flexibility index (Phi) is 6.92. The molecule has 2 N–H and O–H groups in total. The SMILES string of the molecule is CCC[C@H](NC(=O)C(c1ccccc1)C(C)CC)C(=O)O. The Hall–Kier alpha value is -1.84. The molecular weight excluding hydrogens is 266 g/mol. The van der Waals surface area contributed by atoms with Crippen LogP contribution in [0.15, 0.2) is 30.3 Å². The lowest BCUT2D eigenvalue weighted by molar-refractivity contribution is -0.142. The van der Waals surface area contributed by atoms with E-state index in [4.69, 9.17) is 0 Å². The molecule has 1 aromatic carbocycles. The van der Waals surface area contributed by atoms with E-state index in [0.717, 1.165) is 18.4 Å². The number of hydrogen-bond acceptors (Lipinski definition) is 2. The fourth-order valence-corrected chi connectivity index (χ4v) is 2.44. The van der Waals surface area contributed by atoms with Gasteiger partial charge >= 0.3 is 5.97 Å². The van der Waals surface area contributed by atoms with Crippen LogP contribution < -0.4 is 5.32 Å². The van der Waals surface area contributed by atoms with Gasteiger partial charge in [-0.25, -0.2) is 4.79 Å². The van der Waals surface area contributed by atoms with Crippen LogP contribution in [-0.4, -0.2) is 23.0 Å². The second-order valence-electron chi connectivity index (χ2n) is 5.46. The van der Waals surface area contributed by atoms with Gasteiger partial charge in [0.05, 0.1) is 5.92 Å². The van der Waals surface area contributed by atoms with Crippen LogP contribution in [-0.2, 0) is 9.59 Å². The number of carboxylic acids is 1. The van der Waals surface area contributed by atoms with Gasteiger partial charge in [-0.1, -0.05) is 63.9 Å². The Labute approximate surface area is 126 Å². The van der Waals surface area contributed by atoms with Gasteiger partial charge in [0.25, 0.3) is 0 Å². The van der Waals surface area contributed by atoms with Crippen molar-refractivity contribution in [2.75, 3.05) is 0 Å². The molecule has 1 amide bonds. The molecule has 0 saturated heterocycles. The zero-order chi connectivity index (χ0) is 15.8.